The van der Waals surface area contributed by atoms with Gasteiger partial charge in [0.2, 0.25) is 0 Å². The Morgan fingerprint density at radius 2 is 1.88 bits per heavy atom. The molecule has 8 heteroatoms. The molecule has 2 aromatic heterocycles. The van der Waals surface area contributed by atoms with Gasteiger partial charge in [-0.1, -0.05) is 35.9 Å². The topological polar surface area (TPSA) is 110 Å². The molecule has 0 unspecified atom stereocenters. The average molecular weight is 427 g/mol. The van der Waals surface area contributed by atoms with Gasteiger partial charge in [-0.15, -0.1) is 0 Å². The highest BCUT2D eigenvalue weighted by molar-refractivity contribution is 5.95. The second kappa shape index (κ2) is 9.22. The number of ether oxygens (including phenoxy) is 1. The molecule has 4 rings (SSSR count). The van der Waals surface area contributed by atoms with Gasteiger partial charge in [0.15, 0.2) is 5.82 Å². The molecule has 0 bridgehead atoms. The van der Waals surface area contributed by atoms with E-state index in [1.807, 2.05) is 55.5 Å². The van der Waals surface area contributed by atoms with Crippen molar-refractivity contribution in [1.82, 2.24) is 20.2 Å². The molecule has 0 atom stereocenters. The van der Waals surface area contributed by atoms with Crippen LogP contribution >= 0.6 is 0 Å². The van der Waals surface area contributed by atoms with E-state index in [2.05, 4.69) is 25.5 Å². The number of hydrogen-bond donors (Lipinski definition) is 2. The lowest BCUT2D eigenvalue weighted by atomic mass is 10.1. The Hall–Kier alpha value is -4.33. The van der Waals surface area contributed by atoms with Crippen LogP contribution in [0.15, 0.2) is 71.7 Å². The lowest BCUT2D eigenvalue weighted by Crippen LogP contribution is -2.11. The fraction of sp³-hybridized carbons (Fsp3) is 0.125. The summed E-state index contributed by atoms with van der Waals surface area (Å²) in [6, 6.07) is 18.3. The predicted octanol–water partition coefficient (Wildman–Crippen LogP) is 4.12. The lowest BCUT2D eigenvalue weighted by molar-refractivity contribution is 0.0526. The molecule has 160 valence electrons. The number of hydrogen-bond acceptors (Lipinski definition) is 7. The van der Waals surface area contributed by atoms with Crippen molar-refractivity contribution in [2.75, 3.05) is 11.9 Å². The van der Waals surface area contributed by atoms with E-state index >= 15 is 0 Å². The van der Waals surface area contributed by atoms with Crippen LogP contribution in [-0.4, -0.2) is 32.7 Å². The van der Waals surface area contributed by atoms with E-state index in [0.29, 0.717) is 23.0 Å². The van der Waals surface area contributed by atoms with Crippen molar-refractivity contribution < 1.29 is 9.53 Å². The Bertz CT molecular complexity index is 1310. The second-order valence-corrected chi connectivity index (χ2v) is 7.06. The van der Waals surface area contributed by atoms with E-state index in [1.165, 1.54) is 12.3 Å². The maximum absolute atomic E-state index is 12.5. The number of aromatic nitrogens is 4. The third-order valence-corrected chi connectivity index (χ3v) is 4.66. The van der Waals surface area contributed by atoms with Crippen molar-refractivity contribution in [3.05, 3.63) is 88.3 Å². The van der Waals surface area contributed by atoms with Gasteiger partial charge in [0, 0.05) is 29.1 Å². The van der Waals surface area contributed by atoms with Crippen molar-refractivity contribution in [3.63, 3.8) is 0 Å². The highest BCUT2D eigenvalue weighted by Crippen LogP contribution is 2.26. The van der Waals surface area contributed by atoms with Crippen LogP contribution < -0.4 is 10.9 Å². The predicted molar refractivity (Wildman–Crippen MR) is 122 cm³/mol. The normalized spacial score (nSPS) is 10.6. The van der Waals surface area contributed by atoms with Gasteiger partial charge >= 0.3 is 5.97 Å². The summed E-state index contributed by atoms with van der Waals surface area (Å²) < 4.78 is 5.17. The van der Waals surface area contributed by atoms with E-state index < -0.39 is 5.97 Å². The summed E-state index contributed by atoms with van der Waals surface area (Å²) in [5, 5.41) is 9.70. The number of carbonyl (C=O) groups is 1. The number of carbonyl (C=O) groups excluding carboxylic acids is 1. The summed E-state index contributed by atoms with van der Waals surface area (Å²) in [5.74, 6) is 0.313. The van der Waals surface area contributed by atoms with Crippen molar-refractivity contribution in [1.29, 1.82) is 0 Å². The highest BCUT2D eigenvalue weighted by atomic mass is 16.5. The Kier molecular flexibility index (Phi) is 6.03. The number of anilines is 2. The summed E-state index contributed by atoms with van der Waals surface area (Å²) in [7, 11) is 0. The number of aromatic amines is 1. The summed E-state index contributed by atoms with van der Waals surface area (Å²) in [6.07, 6.45) is 1.47. The smallest absolute Gasteiger partial charge is 0.343 e. The third kappa shape index (κ3) is 4.70. The van der Waals surface area contributed by atoms with Crippen LogP contribution in [0.3, 0.4) is 0 Å². The standard InChI is InChI=1S/C24H21N5O3/c1-3-32-24(31)19-14-25-22(17-8-4-6-15(2)12-17)27-23(19)26-18-9-5-7-16(13-18)20-10-11-21(30)29-28-20/h4-14H,3H2,1-2H3,(H,29,30)(H,25,26,27). The van der Waals surface area contributed by atoms with E-state index in [-0.39, 0.29) is 17.7 Å². The van der Waals surface area contributed by atoms with Crippen LogP contribution in [0, 0.1) is 6.92 Å². The number of rotatable bonds is 6. The quantitative estimate of drug-likeness (QED) is 0.445. The average Bonchev–Trinajstić information content (AvgIpc) is 2.80. The number of nitrogens with zero attached hydrogens (tertiary/aromatic N) is 3. The maximum Gasteiger partial charge on any atom is 0.343 e. The molecule has 0 radical (unpaired) electrons. The second-order valence-electron chi connectivity index (χ2n) is 7.06. The number of aryl methyl sites for hydroxylation is 1. The van der Waals surface area contributed by atoms with Gasteiger partial charge in [-0.25, -0.2) is 19.9 Å². The zero-order valence-electron chi connectivity index (χ0n) is 17.6. The molecule has 2 aromatic carbocycles. The van der Waals surface area contributed by atoms with Crippen molar-refractivity contribution in [2.24, 2.45) is 0 Å². The first-order chi connectivity index (χ1) is 15.5. The molecule has 0 aliphatic carbocycles. The summed E-state index contributed by atoms with van der Waals surface area (Å²) in [4.78, 5) is 32.8. The highest BCUT2D eigenvalue weighted by Gasteiger charge is 2.17. The largest absolute Gasteiger partial charge is 0.462 e. The van der Waals surface area contributed by atoms with E-state index in [0.717, 1.165) is 16.7 Å². The fourth-order valence-electron chi connectivity index (χ4n) is 3.16. The van der Waals surface area contributed by atoms with Crippen LogP contribution in [-0.2, 0) is 4.74 Å². The molecule has 0 saturated carbocycles. The SMILES string of the molecule is CCOC(=O)c1cnc(-c2cccc(C)c2)nc1Nc1cccc(-c2ccc(=O)[nH]n2)c1. The molecule has 2 N–H and O–H groups in total. The molecule has 0 aliphatic rings. The summed E-state index contributed by atoms with van der Waals surface area (Å²) in [6.45, 7) is 3.98. The third-order valence-electron chi connectivity index (χ3n) is 4.66. The molecule has 32 heavy (non-hydrogen) atoms. The lowest BCUT2D eigenvalue weighted by Gasteiger charge is -2.13. The van der Waals surface area contributed by atoms with E-state index in [1.54, 1.807) is 13.0 Å². The Morgan fingerprint density at radius 3 is 2.62 bits per heavy atom. The van der Waals surface area contributed by atoms with Crippen molar-refractivity contribution >= 4 is 17.5 Å². The van der Waals surface area contributed by atoms with E-state index in [9.17, 15) is 9.59 Å². The minimum atomic E-state index is -0.510. The monoisotopic (exact) mass is 427 g/mol. The van der Waals surface area contributed by atoms with Crippen LogP contribution in [0.25, 0.3) is 22.6 Å². The van der Waals surface area contributed by atoms with Crippen LogP contribution in [0.4, 0.5) is 11.5 Å². The molecule has 4 aromatic rings. The van der Waals surface area contributed by atoms with Crippen molar-refractivity contribution in [3.8, 4) is 22.6 Å². The molecule has 0 aliphatic heterocycles. The molecule has 0 amide bonds. The molecular formula is C24H21N5O3. The van der Waals surface area contributed by atoms with Crippen LogP contribution in [0.2, 0.25) is 0 Å². The molecular weight excluding hydrogens is 406 g/mol. The Balaban J connectivity index is 1.73. The number of H-pyrrole nitrogens is 1. The fourth-order valence-corrected chi connectivity index (χ4v) is 3.16. The first-order valence-corrected chi connectivity index (χ1v) is 10.1. The number of nitrogens with one attached hydrogen (secondary N) is 2. The molecule has 8 nitrogen and oxygen atoms in total. The molecule has 0 spiro atoms. The van der Waals surface area contributed by atoms with Gasteiger partial charge < -0.3 is 10.1 Å². The van der Waals surface area contributed by atoms with Crippen LogP contribution in [0.5, 0.6) is 0 Å². The maximum atomic E-state index is 12.5. The Labute approximate surface area is 184 Å². The van der Waals surface area contributed by atoms with Gasteiger partial charge in [0.25, 0.3) is 5.56 Å². The molecule has 2 heterocycles. The van der Waals surface area contributed by atoms with Crippen molar-refractivity contribution in [2.45, 2.75) is 13.8 Å². The first kappa shape index (κ1) is 20.9. The minimum absolute atomic E-state index is 0.232. The number of benzene rings is 2. The van der Waals surface area contributed by atoms with Gasteiger partial charge in [-0.05, 0) is 38.1 Å². The molecule has 0 fully saturated rings. The first-order valence-electron chi connectivity index (χ1n) is 10.1. The summed E-state index contributed by atoms with van der Waals surface area (Å²) >= 11 is 0. The molecule has 0 saturated heterocycles. The Morgan fingerprint density at radius 1 is 1.06 bits per heavy atom. The van der Waals surface area contributed by atoms with Gasteiger partial charge in [0.1, 0.15) is 11.4 Å². The van der Waals surface area contributed by atoms with Gasteiger partial charge in [-0.3, -0.25) is 4.79 Å². The van der Waals surface area contributed by atoms with Crippen LogP contribution in [0.1, 0.15) is 22.8 Å². The number of esters is 1. The van der Waals surface area contributed by atoms with Gasteiger partial charge in [0.05, 0.1) is 12.3 Å². The zero-order valence-corrected chi connectivity index (χ0v) is 17.6. The van der Waals surface area contributed by atoms with Gasteiger partial charge in [-0.2, -0.15) is 5.10 Å². The van der Waals surface area contributed by atoms with E-state index in [4.69, 9.17) is 4.74 Å². The zero-order chi connectivity index (χ0) is 22.5. The summed E-state index contributed by atoms with van der Waals surface area (Å²) in [5.41, 5.74) is 3.97. The minimum Gasteiger partial charge on any atom is -0.462 e.